The molecule has 1 saturated carbocycles. The molecule has 9 nitrogen and oxygen atoms in total. The first-order valence-electron chi connectivity index (χ1n) is 16.4. The Morgan fingerprint density at radius 2 is 1.72 bits per heavy atom. The highest BCUT2D eigenvalue weighted by atomic mass is 19.4. The van der Waals surface area contributed by atoms with Crippen LogP contribution in [-0.2, 0) is 22.2 Å². The van der Waals surface area contributed by atoms with Gasteiger partial charge in [-0.05, 0) is 68.1 Å². The molecule has 3 aromatic rings. The van der Waals surface area contributed by atoms with Crippen LogP contribution in [0, 0.1) is 24.2 Å². The van der Waals surface area contributed by atoms with Gasteiger partial charge in [-0.2, -0.15) is 18.2 Å². The van der Waals surface area contributed by atoms with Gasteiger partial charge < -0.3 is 20.1 Å². The first-order valence-corrected chi connectivity index (χ1v) is 16.4. The van der Waals surface area contributed by atoms with Gasteiger partial charge in [-0.1, -0.05) is 66.9 Å². The highest BCUT2D eigenvalue weighted by molar-refractivity contribution is 5.91. The van der Waals surface area contributed by atoms with Gasteiger partial charge in [0.15, 0.2) is 0 Å². The van der Waals surface area contributed by atoms with Crippen molar-refractivity contribution in [2.45, 2.75) is 83.4 Å². The summed E-state index contributed by atoms with van der Waals surface area (Å²) in [4.78, 5) is 34.1. The number of piperidine rings is 1. The first kappa shape index (κ1) is 34.1. The van der Waals surface area contributed by atoms with Crippen LogP contribution in [0.3, 0.4) is 0 Å². The van der Waals surface area contributed by atoms with E-state index in [2.05, 4.69) is 20.8 Å². The number of aryl methyl sites for hydroxylation is 1. The molecule has 2 atom stereocenters. The van der Waals surface area contributed by atoms with Crippen molar-refractivity contribution in [1.29, 1.82) is 5.41 Å². The maximum Gasteiger partial charge on any atom is 0.416 e. The zero-order valence-corrected chi connectivity index (χ0v) is 26.9. The number of likely N-dealkylation sites (tertiary alicyclic amines) is 1. The molecule has 3 N–H and O–H groups in total. The Labute approximate surface area is 273 Å². The number of amides is 2. The van der Waals surface area contributed by atoms with E-state index in [0.29, 0.717) is 29.7 Å². The molecule has 1 saturated heterocycles. The van der Waals surface area contributed by atoms with Crippen LogP contribution in [0.2, 0.25) is 0 Å². The van der Waals surface area contributed by atoms with Crippen LogP contribution in [0.25, 0.3) is 11.4 Å². The average Bonchev–Trinajstić information content (AvgIpc) is 3.51. The van der Waals surface area contributed by atoms with Crippen LogP contribution in [-0.4, -0.2) is 58.4 Å². The van der Waals surface area contributed by atoms with Crippen molar-refractivity contribution >= 4 is 17.6 Å². The number of halogens is 3. The SMILES string of the molecule is CC(=N)N1CCC(CNC(=O)[C@@H](NC(=O)C(Cc2ccc(-c3noc(C)n3)cc2)c2cccc(C(F)(F)F)c2)C2CCCCC2)CC1. The number of amidine groups is 1. The van der Waals surface area contributed by atoms with Crippen molar-refractivity contribution in [2.24, 2.45) is 11.8 Å². The lowest BCUT2D eigenvalue weighted by atomic mass is 9.82. The number of rotatable bonds is 10. The molecule has 2 heterocycles. The lowest BCUT2D eigenvalue weighted by molar-refractivity contribution is -0.137. The van der Waals surface area contributed by atoms with E-state index in [-0.39, 0.29) is 29.7 Å². The Hall–Kier alpha value is -4.22. The lowest BCUT2D eigenvalue weighted by Crippen LogP contribution is -2.53. The van der Waals surface area contributed by atoms with Crippen molar-refractivity contribution in [3.63, 3.8) is 0 Å². The number of carbonyl (C=O) groups is 2. The van der Waals surface area contributed by atoms with Gasteiger partial charge in [0.25, 0.3) is 0 Å². The Morgan fingerprint density at radius 3 is 2.34 bits per heavy atom. The average molecular weight is 653 g/mol. The van der Waals surface area contributed by atoms with Gasteiger partial charge in [-0.25, -0.2) is 0 Å². The van der Waals surface area contributed by atoms with Crippen molar-refractivity contribution in [2.75, 3.05) is 19.6 Å². The molecule has 2 amide bonds. The van der Waals surface area contributed by atoms with Gasteiger partial charge in [-0.15, -0.1) is 0 Å². The summed E-state index contributed by atoms with van der Waals surface area (Å²) in [5.74, 6) is -0.113. The molecule has 47 heavy (non-hydrogen) atoms. The van der Waals surface area contributed by atoms with Crippen LogP contribution in [0.4, 0.5) is 13.2 Å². The maximum atomic E-state index is 14.1. The number of nitrogens with one attached hydrogen (secondary N) is 3. The predicted molar refractivity (Wildman–Crippen MR) is 172 cm³/mol. The summed E-state index contributed by atoms with van der Waals surface area (Å²) in [7, 11) is 0. The van der Waals surface area contributed by atoms with Crippen LogP contribution in [0.15, 0.2) is 53.1 Å². The molecule has 12 heteroatoms. The minimum absolute atomic E-state index is 0.0602. The molecule has 1 aromatic heterocycles. The summed E-state index contributed by atoms with van der Waals surface area (Å²) >= 11 is 0. The molecule has 0 spiro atoms. The summed E-state index contributed by atoms with van der Waals surface area (Å²) < 4.78 is 46.3. The monoisotopic (exact) mass is 652 g/mol. The van der Waals surface area contributed by atoms with Crippen molar-refractivity contribution in [3.05, 3.63) is 71.1 Å². The fourth-order valence-corrected chi connectivity index (χ4v) is 6.68. The number of hydrogen-bond donors (Lipinski definition) is 3. The van der Waals surface area contributed by atoms with Crippen molar-refractivity contribution in [3.8, 4) is 11.4 Å². The maximum absolute atomic E-state index is 14.1. The van der Waals surface area contributed by atoms with Crippen molar-refractivity contribution in [1.82, 2.24) is 25.7 Å². The number of hydrogen-bond acceptors (Lipinski definition) is 6. The van der Waals surface area contributed by atoms with E-state index in [9.17, 15) is 22.8 Å². The summed E-state index contributed by atoms with van der Waals surface area (Å²) in [6.07, 6.45) is 1.84. The Bertz CT molecular complexity index is 1530. The third-order valence-electron chi connectivity index (χ3n) is 9.47. The van der Waals surface area contributed by atoms with Crippen LogP contribution >= 0.6 is 0 Å². The van der Waals surface area contributed by atoms with E-state index >= 15 is 0 Å². The van der Waals surface area contributed by atoms with E-state index in [1.54, 1.807) is 38.1 Å². The number of benzene rings is 2. The van der Waals surface area contributed by atoms with E-state index in [1.807, 2.05) is 4.90 Å². The third-order valence-corrected chi connectivity index (χ3v) is 9.47. The van der Waals surface area contributed by atoms with Crippen LogP contribution in [0.1, 0.15) is 80.4 Å². The Morgan fingerprint density at radius 1 is 1.02 bits per heavy atom. The van der Waals surface area contributed by atoms with Crippen LogP contribution < -0.4 is 10.6 Å². The lowest BCUT2D eigenvalue weighted by Gasteiger charge is -2.34. The Balaban J connectivity index is 1.36. The summed E-state index contributed by atoms with van der Waals surface area (Å²) in [6, 6.07) is 11.2. The molecule has 1 aliphatic heterocycles. The molecule has 2 aromatic carbocycles. The van der Waals surface area contributed by atoms with Gasteiger partial charge in [0, 0.05) is 32.1 Å². The van der Waals surface area contributed by atoms with E-state index < -0.39 is 29.6 Å². The van der Waals surface area contributed by atoms with Gasteiger partial charge in [0.05, 0.1) is 17.3 Å². The van der Waals surface area contributed by atoms with Gasteiger partial charge in [-0.3, -0.25) is 15.0 Å². The second-order valence-electron chi connectivity index (χ2n) is 12.9. The zero-order valence-electron chi connectivity index (χ0n) is 26.9. The molecule has 2 aliphatic rings. The highest BCUT2D eigenvalue weighted by Gasteiger charge is 2.35. The van der Waals surface area contributed by atoms with Gasteiger partial charge in [0.1, 0.15) is 6.04 Å². The van der Waals surface area contributed by atoms with Crippen molar-refractivity contribution < 1.29 is 27.3 Å². The summed E-state index contributed by atoms with van der Waals surface area (Å²) in [5, 5.41) is 17.9. The van der Waals surface area contributed by atoms with E-state index in [1.165, 1.54) is 12.1 Å². The molecular weight excluding hydrogens is 609 g/mol. The smallest absolute Gasteiger partial charge is 0.361 e. The minimum atomic E-state index is -4.57. The summed E-state index contributed by atoms with van der Waals surface area (Å²) in [5.41, 5.74) is 0.836. The fraction of sp³-hybridized carbons (Fsp3) is 0.514. The molecule has 0 bridgehead atoms. The molecular formula is C35H43F3N6O3. The second kappa shape index (κ2) is 15.1. The highest BCUT2D eigenvalue weighted by Crippen LogP contribution is 2.33. The van der Waals surface area contributed by atoms with Crippen LogP contribution in [0.5, 0.6) is 0 Å². The zero-order chi connectivity index (χ0) is 33.6. The first-order chi connectivity index (χ1) is 22.5. The number of aromatic nitrogens is 2. The topological polar surface area (TPSA) is 124 Å². The Kier molecular flexibility index (Phi) is 11.0. The van der Waals surface area contributed by atoms with Gasteiger partial charge >= 0.3 is 6.18 Å². The number of alkyl halides is 3. The molecule has 2 fully saturated rings. The fourth-order valence-electron chi connectivity index (χ4n) is 6.68. The molecule has 1 unspecified atom stereocenters. The predicted octanol–water partition coefficient (Wildman–Crippen LogP) is 6.28. The minimum Gasteiger partial charge on any atom is -0.361 e. The number of nitrogens with zero attached hydrogens (tertiary/aromatic N) is 3. The van der Waals surface area contributed by atoms with Gasteiger partial charge in [0.2, 0.25) is 23.5 Å². The van der Waals surface area contributed by atoms with E-state index in [0.717, 1.165) is 75.7 Å². The second-order valence-corrected chi connectivity index (χ2v) is 12.9. The quantitative estimate of drug-likeness (QED) is 0.175. The molecule has 1 aliphatic carbocycles. The molecule has 0 radical (unpaired) electrons. The molecule has 5 rings (SSSR count). The standard InChI is InChI=1S/C35H43F3N6O3/c1-22(39)44-17-15-25(16-18-44)21-40-34(46)31(26-7-4-3-5-8-26)42-33(45)30(28-9-6-10-29(20-28)35(36,37)38)19-24-11-13-27(14-12-24)32-41-23(2)47-43-32/h6,9-14,20,25-26,30-31,39H,3-5,7-8,15-19,21H2,1-2H3,(H,40,46)(H,42,45)/t30?,31-/m0/s1. The molecule has 252 valence electrons. The summed E-state index contributed by atoms with van der Waals surface area (Å²) in [6.45, 7) is 5.48. The number of carbonyl (C=O) groups excluding carboxylic acids is 2. The largest absolute Gasteiger partial charge is 0.416 e. The third kappa shape index (κ3) is 8.99. The van der Waals surface area contributed by atoms with E-state index in [4.69, 9.17) is 9.93 Å². The normalized spacial score (nSPS) is 17.6.